The number of aliphatic hydroxyl groups is 1. The van der Waals surface area contributed by atoms with E-state index in [9.17, 15) is 14.7 Å². The van der Waals surface area contributed by atoms with Crippen LogP contribution >= 0.6 is 0 Å². The van der Waals surface area contributed by atoms with E-state index < -0.39 is 0 Å². The van der Waals surface area contributed by atoms with Crippen molar-refractivity contribution >= 4 is 45.6 Å². The van der Waals surface area contributed by atoms with Crippen LogP contribution in [0.2, 0.25) is 0 Å². The zero-order chi connectivity index (χ0) is 34.1. The van der Waals surface area contributed by atoms with Gasteiger partial charge in [-0.1, -0.05) is 30.3 Å². The number of ether oxygens (including phenoxy) is 1. The summed E-state index contributed by atoms with van der Waals surface area (Å²) in [5, 5.41) is 14.8. The van der Waals surface area contributed by atoms with Gasteiger partial charge in [-0.3, -0.25) is 4.79 Å². The number of aromatic nitrogens is 4. The summed E-state index contributed by atoms with van der Waals surface area (Å²) in [6.07, 6.45) is 1.38. The Bertz CT molecular complexity index is 2420. The summed E-state index contributed by atoms with van der Waals surface area (Å²) in [5.74, 6) is 0.338. The minimum atomic E-state index is -0.306. The van der Waals surface area contributed by atoms with Crippen LogP contribution in [0.3, 0.4) is 0 Å². The predicted octanol–water partition coefficient (Wildman–Crippen LogP) is 2.19. The standard InChI is InChI=1S/C36H30N8O5/c1-19(46)42-25-8-11-28-30(14-25)49-29-13-24(37)7-10-27(29)31(28)26-9-6-22(12-23(26)16-45)34(47)39-15-20-2-4-21(5-3-20)17-48-35-32-33(41-18-40-32)43-36(38)44-35/h2-14,18,45H,15-17H2,1H3,(H6,37,38,39,40,41,42,43,44,46,47). The SMILES string of the molecule is CC(=O)[NH+]=c1ccc2c(-c3ccc(C(=O)NCc4ccc(COc5nc(N)nc6[n-]cnc56)cc4)cc3CO)c3ccc(N)cc3oc-2c1. The fourth-order valence-corrected chi connectivity index (χ4v) is 5.66. The number of imidazole rings is 1. The van der Waals surface area contributed by atoms with Gasteiger partial charge in [-0.25, -0.2) is 4.79 Å². The van der Waals surface area contributed by atoms with Crippen molar-refractivity contribution in [2.45, 2.75) is 26.7 Å². The molecule has 0 unspecified atom stereocenters. The molecular weight excluding hydrogens is 624 g/mol. The lowest BCUT2D eigenvalue weighted by atomic mass is 9.90. The first-order valence-corrected chi connectivity index (χ1v) is 15.3. The molecule has 0 spiro atoms. The number of nitrogen functional groups attached to an aromatic ring is 2. The summed E-state index contributed by atoms with van der Waals surface area (Å²) in [5.41, 5.74) is 18.7. The largest absolute Gasteiger partial charge is 0.472 e. The maximum atomic E-state index is 13.3. The molecule has 13 heteroatoms. The van der Waals surface area contributed by atoms with E-state index in [4.69, 9.17) is 20.6 Å². The van der Waals surface area contributed by atoms with Gasteiger partial charge in [-0.05, 0) is 58.9 Å². The Morgan fingerprint density at radius 3 is 2.55 bits per heavy atom. The third-order valence-corrected chi connectivity index (χ3v) is 7.94. The number of benzene rings is 4. The van der Waals surface area contributed by atoms with Crippen LogP contribution in [0.4, 0.5) is 11.6 Å². The lowest BCUT2D eigenvalue weighted by molar-refractivity contribution is -0.414. The normalized spacial score (nSPS) is 11.8. The van der Waals surface area contributed by atoms with Crippen molar-refractivity contribution < 1.29 is 28.8 Å². The first-order valence-electron chi connectivity index (χ1n) is 15.3. The molecule has 1 aliphatic heterocycles. The van der Waals surface area contributed by atoms with E-state index in [0.717, 1.165) is 33.2 Å². The van der Waals surface area contributed by atoms with E-state index in [0.29, 0.717) is 44.7 Å². The number of hydrogen-bond donors (Lipinski definition) is 5. The van der Waals surface area contributed by atoms with Crippen LogP contribution in [0.1, 0.15) is 34.0 Å². The first-order chi connectivity index (χ1) is 23.7. The highest BCUT2D eigenvalue weighted by Crippen LogP contribution is 2.41. The molecule has 0 saturated heterocycles. The monoisotopic (exact) mass is 654 g/mol. The van der Waals surface area contributed by atoms with Gasteiger partial charge in [-0.2, -0.15) is 9.98 Å². The second-order valence-corrected chi connectivity index (χ2v) is 11.4. The number of amides is 2. The molecule has 0 atom stereocenters. The van der Waals surface area contributed by atoms with Gasteiger partial charge in [0.1, 0.15) is 18.0 Å². The highest BCUT2D eigenvalue weighted by atomic mass is 16.5. The number of rotatable bonds is 8. The van der Waals surface area contributed by atoms with Gasteiger partial charge in [0.15, 0.2) is 5.95 Å². The maximum Gasteiger partial charge on any atom is 0.382 e. The summed E-state index contributed by atoms with van der Waals surface area (Å²) in [4.78, 5) is 44.0. The molecule has 244 valence electrons. The number of hydrogen-bond acceptors (Lipinski definition) is 10. The summed E-state index contributed by atoms with van der Waals surface area (Å²) >= 11 is 0. The molecule has 0 radical (unpaired) electrons. The van der Waals surface area contributed by atoms with Gasteiger partial charge in [0.25, 0.3) is 5.91 Å². The van der Waals surface area contributed by atoms with E-state index >= 15 is 0 Å². The molecule has 7 N–H and O–H groups in total. The number of anilines is 2. The van der Waals surface area contributed by atoms with Crippen molar-refractivity contribution in [3.63, 3.8) is 0 Å². The number of aliphatic hydroxyl groups excluding tert-OH is 1. The lowest BCUT2D eigenvalue weighted by Crippen LogP contribution is -2.79. The number of nitrogens with zero attached hydrogens (tertiary/aromatic N) is 4. The van der Waals surface area contributed by atoms with Crippen LogP contribution in [0.5, 0.6) is 5.88 Å². The summed E-state index contributed by atoms with van der Waals surface area (Å²) in [6.45, 7) is 1.64. The molecule has 3 heterocycles. The number of nitrogens with one attached hydrogen (secondary N) is 2. The summed E-state index contributed by atoms with van der Waals surface area (Å²) in [7, 11) is 0. The molecular formula is C36H30N8O5. The van der Waals surface area contributed by atoms with Gasteiger partial charge >= 0.3 is 5.91 Å². The van der Waals surface area contributed by atoms with Crippen LogP contribution in [-0.2, 0) is 24.6 Å². The van der Waals surface area contributed by atoms with Crippen molar-refractivity contribution in [1.82, 2.24) is 25.3 Å². The van der Waals surface area contributed by atoms with Crippen molar-refractivity contribution in [3.8, 4) is 28.3 Å². The lowest BCUT2D eigenvalue weighted by Gasteiger charge is -2.18. The van der Waals surface area contributed by atoms with E-state index in [1.54, 1.807) is 36.4 Å². The van der Waals surface area contributed by atoms with Gasteiger partial charge in [-0.15, -0.1) is 0 Å². The van der Waals surface area contributed by atoms with Gasteiger partial charge in [0.05, 0.1) is 25.1 Å². The average Bonchev–Trinajstić information content (AvgIpc) is 3.57. The zero-order valence-electron chi connectivity index (χ0n) is 26.2. The molecule has 3 aromatic carbocycles. The highest BCUT2D eigenvalue weighted by molar-refractivity contribution is 6.04. The van der Waals surface area contributed by atoms with E-state index in [1.165, 1.54) is 13.3 Å². The summed E-state index contributed by atoms with van der Waals surface area (Å²) in [6, 6.07) is 23.6. The van der Waals surface area contributed by atoms with E-state index in [1.807, 2.05) is 42.5 Å². The van der Waals surface area contributed by atoms with Crippen molar-refractivity contribution in [2.75, 3.05) is 11.5 Å². The quantitative estimate of drug-likeness (QED) is 0.119. The Kier molecular flexibility index (Phi) is 8.16. The zero-order valence-corrected chi connectivity index (χ0v) is 26.2. The first kappa shape index (κ1) is 31.0. The fraction of sp³-hybridized carbons (Fsp3) is 0.111. The highest BCUT2D eigenvalue weighted by Gasteiger charge is 2.21. The molecule has 2 aromatic heterocycles. The van der Waals surface area contributed by atoms with Gasteiger partial charge < -0.3 is 46.0 Å². The van der Waals surface area contributed by atoms with Gasteiger partial charge in [0, 0.05) is 52.1 Å². The Balaban J connectivity index is 1.10. The van der Waals surface area contributed by atoms with Gasteiger partial charge in [0.2, 0.25) is 11.2 Å². The van der Waals surface area contributed by atoms with Crippen molar-refractivity contribution in [3.05, 3.63) is 113 Å². The summed E-state index contributed by atoms with van der Waals surface area (Å²) < 4.78 is 12.0. The third-order valence-electron chi connectivity index (χ3n) is 7.94. The number of fused-ring (bicyclic) bond motifs is 3. The maximum absolute atomic E-state index is 13.3. The topological polar surface area (TPSA) is 208 Å². The Labute approximate surface area is 278 Å². The minimum absolute atomic E-state index is 0.0526. The van der Waals surface area contributed by atoms with Crippen LogP contribution in [0.25, 0.3) is 44.6 Å². The minimum Gasteiger partial charge on any atom is -0.472 e. The number of nitrogens with two attached hydrogens (primary N) is 2. The molecule has 1 aliphatic carbocycles. The molecule has 13 nitrogen and oxygen atoms in total. The second-order valence-electron chi connectivity index (χ2n) is 11.4. The Morgan fingerprint density at radius 1 is 0.959 bits per heavy atom. The van der Waals surface area contributed by atoms with Crippen LogP contribution in [0, 0.1) is 0 Å². The molecule has 49 heavy (non-hydrogen) atoms. The molecule has 2 aliphatic rings. The third kappa shape index (κ3) is 6.38. The Morgan fingerprint density at radius 2 is 1.76 bits per heavy atom. The molecule has 5 aromatic rings. The molecule has 0 fully saturated rings. The molecule has 0 bridgehead atoms. The second kappa shape index (κ2) is 12.9. The fourth-order valence-electron chi connectivity index (χ4n) is 5.66. The van der Waals surface area contributed by atoms with Crippen LogP contribution in [-0.4, -0.2) is 31.9 Å². The smallest absolute Gasteiger partial charge is 0.382 e. The molecule has 0 saturated carbocycles. The average molecular weight is 655 g/mol. The van der Waals surface area contributed by atoms with Crippen LogP contribution < -0.4 is 36.9 Å². The van der Waals surface area contributed by atoms with Crippen LogP contribution in [0.15, 0.2) is 89.6 Å². The van der Waals surface area contributed by atoms with Crippen molar-refractivity contribution in [2.24, 2.45) is 0 Å². The molecule has 2 amide bonds. The van der Waals surface area contributed by atoms with Crippen molar-refractivity contribution in [1.29, 1.82) is 0 Å². The predicted molar refractivity (Wildman–Crippen MR) is 180 cm³/mol. The number of carbonyl (C=O) groups is 2. The molecule has 7 rings (SSSR count). The van der Waals surface area contributed by atoms with E-state index in [2.05, 4.69) is 30.2 Å². The van der Waals surface area contributed by atoms with E-state index in [-0.39, 0.29) is 43.4 Å². The Hall–Kier alpha value is -6.60. The number of carbonyl (C=O) groups excluding carboxylic acids is 2.